The van der Waals surface area contributed by atoms with Crippen LogP contribution in [-0.2, 0) is 4.74 Å². The highest BCUT2D eigenvalue weighted by molar-refractivity contribution is 5.96. The van der Waals surface area contributed by atoms with Gasteiger partial charge in [0.1, 0.15) is 19.0 Å². The minimum absolute atomic E-state index is 0.0117. The molecule has 0 amide bonds. The largest absolute Gasteiger partial charge is 0.490 e. The first-order chi connectivity index (χ1) is 12.1. The van der Waals surface area contributed by atoms with Gasteiger partial charge in [0.25, 0.3) is 0 Å². The van der Waals surface area contributed by atoms with Crippen LogP contribution < -0.4 is 4.74 Å². The van der Waals surface area contributed by atoms with E-state index in [9.17, 15) is 9.18 Å². The van der Waals surface area contributed by atoms with Crippen molar-refractivity contribution >= 4 is 16.9 Å². The predicted molar refractivity (Wildman–Crippen MR) is 87.8 cm³/mol. The Morgan fingerprint density at radius 3 is 2.64 bits per heavy atom. The number of nitriles is 1. The second kappa shape index (κ2) is 7.05. The Kier molecular flexibility index (Phi) is 4.66. The quantitative estimate of drug-likeness (QED) is 0.519. The first kappa shape index (κ1) is 16.5. The van der Waals surface area contributed by atoms with Crippen molar-refractivity contribution in [3.05, 3.63) is 65.2 Å². The monoisotopic (exact) mass is 339 g/mol. The third-order valence-electron chi connectivity index (χ3n) is 3.67. The Morgan fingerprint density at radius 2 is 1.96 bits per heavy atom. The zero-order valence-corrected chi connectivity index (χ0v) is 13.4. The van der Waals surface area contributed by atoms with Crippen LogP contribution in [0.4, 0.5) is 4.39 Å². The van der Waals surface area contributed by atoms with Gasteiger partial charge in [0.05, 0.1) is 11.6 Å². The van der Waals surface area contributed by atoms with E-state index in [-0.39, 0.29) is 24.6 Å². The number of para-hydroxylation sites is 1. The van der Waals surface area contributed by atoms with Crippen molar-refractivity contribution in [3.63, 3.8) is 0 Å². The van der Waals surface area contributed by atoms with Gasteiger partial charge in [-0.2, -0.15) is 5.26 Å². The number of ether oxygens (including phenoxy) is 2. The van der Waals surface area contributed by atoms with Crippen molar-refractivity contribution in [2.24, 2.45) is 0 Å². The van der Waals surface area contributed by atoms with Crippen LogP contribution in [0.15, 0.2) is 46.9 Å². The highest BCUT2D eigenvalue weighted by Gasteiger charge is 2.20. The van der Waals surface area contributed by atoms with Gasteiger partial charge >= 0.3 is 5.97 Å². The van der Waals surface area contributed by atoms with Crippen LogP contribution in [0.3, 0.4) is 0 Å². The molecule has 0 aliphatic heterocycles. The van der Waals surface area contributed by atoms with Gasteiger partial charge in [0.2, 0.25) is 5.76 Å². The van der Waals surface area contributed by atoms with Crippen LogP contribution in [0.25, 0.3) is 11.0 Å². The van der Waals surface area contributed by atoms with Crippen LogP contribution in [0.5, 0.6) is 5.75 Å². The fourth-order valence-electron chi connectivity index (χ4n) is 2.39. The van der Waals surface area contributed by atoms with Crippen molar-refractivity contribution < 1.29 is 23.1 Å². The molecule has 0 saturated carbocycles. The Hall–Kier alpha value is -3.33. The fraction of sp³-hybridized carbons (Fsp3) is 0.158. The van der Waals surface area contributed by atoms with Crippen molar-refractivity contribution in [2.45, 2.75) is 6.92 Å². The molecule has 3 rings (SSSR count). The maximum atomic E-state index is 13.7. The smallest absolute Gasteiger partial charge is 0.374 e. The molecule has 0 unspecified atom stereocenters. The van der Waals surface area contributed by atoms with Gasteiger partial charge in [-0.15, -0.1) is 0 Å². The number of nitrogens with zero attached hydrogens (tertiary/aromatic N) is 1. The van der Waals surface area contributed by atoms with Crippen LogP contribution in [-0.4, -0.2) is 19.2 Å². The van der Waals surface area contributed by atoms with Crippen molar-refractivity contribution in [1.82, 2.24) is 0 Å². The number of benzene rings is 2. The number of hydrogen-bond donors (Lipinski definition) is 0. The van der Waals surface area contributed by atoms with Gasteiger partial charge in [0, 0.05) is 10.9 Å². The molecular formula is C19H14FNO4. The number of aryl methyl sites for hydroxylation is 1. The first-order valence-electron chi connectivity index (χ1n) is 7.58. The molecule has 0 bridgehead atoms. The van der Waals surface area contributed by atoms with E-state index in [2.05, 4.69) is 0 Å². The van der Waals surface area contributed by atoms with Crippen LogP contribution in [0.2, 0.25) is 0 Å². The second-order valence-corrected chi connectivity index (χ2v) is 5.29. The lowest BCUT2D eigenvalue weighted by molar-refractivity contribution is 0.0416. The van der Waals surface area contributed by atoms with Gasteiger partial charge in [-0.1, -0.05) is 12.1 Å². The molecule has 0 aliphatic rings. The van der Waals surface area contributed by atoms with E-state index in [1.54, 1.807) is 43.3 Å². The summed E-state index contributed by atoms with van der Waals surface area (Å²) >= 11 is 0. The van der Waals surface area contributed by atoms with E-state index in [1.165, 1.54) is 6.07 Å². The number of esters is 1. The zero-order valence-electron chi connectivity index (χ0n) is 13.4. The van der Waals surface area contributed by atoms with E-state index in [0.717, 1.165) is 0 Å². The number of rotatable bonds is 5. The lowest BCUT2D eigenvalue weighted by atomic mass is 10.1. The number of furan rings is 1. The Labute approximate surface area is 143 Å². The van der Waals surface area contributed by atoms with E-state index in [4.69, 9.17) is 19.2 Å². The molecule has 0 aliphatic carbocycles. The molecular weight excluding hydrogens is 325 g/mol. The van der Waals surface area contributed by atoms with E-state index >= 15 is 0 Å². The second-order valence-electron chi connectivity index (χ2n) is 5.29. The highest BCUT2D eigenvalue weighted by Crippen LogP contribution is 2.27. The highest BCUT2D eigenvalue weighted by atomic mass is 19.1. The summed E-state index contributed by atoms with van der Waals surface area (Å²) in [6.07, 6.45) is 0. The van der Waals surface area contributed by atoms with Crippen molar-refractivity contribution in [2.75, 3.05) is 13.2 Å². The molecule has 0 fully saturated rings. The molecule has 126 valence electrons. The Bertz CT molecular complexity index is 954. The van der Waals surface area contributed by atoms with Gasteiger partial charge in [-0.25, -0.2) is 9.18 Å². The van der Waals surface area contributed by atoms with Gasteiger partial charge < -0.3 is 13.9 Å². The Balaban J connectivity index is 1.58. The number of carbonyl (C=O) groups excluding carboxylic acids is 1. The molecule has 6 heteroatoms. The third-order valence-corrected chi connectivity index (χ3v) is 3.67. The number of hydrogen-bond acceptors (Lipinski definition) is 5. The summed E-state index contributed by atoms with van der Waals surface area (Å²) in [6, 6.07) is 13.1. The molecule has 2 aromatic carbocycles. The number of halogens is 1. The number of fused-ring (bicyclic) bond motifs is 1. The molecule has 3 aromatic rings. The molecule has 5 nitrogen and oxygen atoms in total. The predicted octanol–water partition coefficient (Wildman–Crippen LogP) is 3.99. The number of carbonyl (C=O) groups is 1. The van der Waals surface area contributed by atoms with Crippen molar-refractivity contribution in [1.29, 1.82) is 5.26 Å². The maximum Gasteiger partial charge on any atom is 0.374 e. The molecule has 0 radical (unpaired) electrons. The van der Waals surface area contributed by atoms with Crippen molar-refractivity contribution in [3.8, 4) is 11.8 Å². The molecule has 1 aromatic heterocycles. The van der Waals surface area contributed by atoms with E-state index < -0.39 is 11.8 Å². The molecule has 25 heavy (non-hydrogen) atoms. The average Bonchev–Trinajstić information content (AvgIpc) is 2.97. The summed E-state index contributed by atoms with van der Waals surface area (Å²) < 4.78 is 29.6. The van der Waals surface area contributed by atoms with Gasteiger partial charge in [-0.3, -0.25) is 0 Å². The summed E-state index contributed by atoms with van der Waals surface area (Å²) in [5.41, 5.74) is 1.11. The minimum atomic E-state index is -0.670. The van der Waals surface area contributed by atoms with Crippen LogP contribution in [0.1, 0.15) is 21.7 Å². The lowest BCUT2D eigenvalue weighted by Gasteiger charge is -2.06. The fourth-order valence-corrected chi connectivity index (χ4v) is 2.39. The normalized spacial score (nSPS) is 10.4. The van der Waals surface area contributed by atoms with E-state index in [1.807, 2.05) is 6.07 Å². The summed E-state index contributed by atoms with van der Waals surface area (Å²) in [7, 11) is 0. The average molecular weight is 339 g/mol. The maximum absolute atomic E-state index is 13.7. The third kappa shape index (κ3) is 3.45. The SMILES string of the molecule is Cc1c(C(=O)OCCOc2ccc(C#N)cc2)oc2c(F)cccc12. The first-order valence-corrected chi connectivity index (χ1v) is 7.58. The molecule has 0 atom stereocenters. The Morgan fingerprint density at radius 1 is 1.20 bits per heavy atom. The van der Waals surface area contributed by atoms with Gasteiger partial charge in [-0.05, 0) is 37.3 Å². The molecule has 0 spiro atoms. The van der Waals surface area contributed by atoms with E-state index in [0.29, 0.717) is 22.3 Å². The summed E-state index contributed by atoms with van der Waals surface area (Å²) in [5, 5.41) is 9.27. The van der Waals surface area contributed by atoms with Crippen LogP contribution >= 0.6 is 0 Å². The molecule has 0 N–H and O–H groups in total. The topological polar surface area (TPSA) is 72.5 Å². The standard InChI is InChI=1S/C19H14FNO4/c1-12-15-3-2-4-16(20)18(15)25-17(12)19(22)24-10-9-23-14-7-5-13(11-21)6-8-14/h2-8H,9-10H2,1H3. The molecule has 1 heterocycles. The lowest BCUT2D eigenvalue weighted by Crippen LogP contribution is -2.12. The minimum Gasteiger partial charge on any atom is -0.490 e. The van der Waals surface area contributed by atoms with Gasteiger partial charge in [0.15, 0.2) is 11.4 Å². The summed E-state index contributed by atoms with van der Waals surface area (Å²) in [6.45, 7) is 1.83. The van der Waals surface area contributed by atoms with Crippen LogP contribution in [0, 0.1) is 24.1 Å². The summed E-state index contributed by atoms with van der Waals surface area (Å²) in [5.74, 6) is -0.643. The molecule has 0 saturated heterocycles. The zero-order chi connectivity index (χ0) is 17.8. The summed E-state index contributed by atoms with van der Waals surface area (Å²) in [4.78, 5) is 12.1.